The minimum absolute atomic E-state index is 0.0574. The van der Waals surface area contributed by atoms with E-state index in [0.717, 1.165) is 56.1 Å². The summed E-state index contributed by atoms with van der Waals surface area (Å²) in [7, 11) is 0. The molecule has 1 saturated heterocycles. The molecule has 128 valence electrons. The number of aryl methyl sites for hydroxylation is 1. The molecule has 0 atom stereocenters. The van der Waals surface area contributed by atoms with Crippen molar-refractivity contribution in [3.8, 4) is 0 Å². The van der Waals surface area contributed by atoms with Gasteiger partial charge in [-0.3, -0.25) is 9.69 Å². The molecule has 1 fully saturated rings. The molecule has 1 amide bonds. The number of hydrogen-bond donors (Lipinski definition) is 1. The van der Waals surface area contributed by atoms with Crippen LogP contribution in [0.2, 0.25) is 0 Å². The van der Waals surface area contributed by atoms with Gasteiger partial charge in [0.2, 0.25) is 0 Å². The number of para-hydroxylation sites is 1. The number of rotatable bonds is 6. The first-order valence-electron chi connectivity index (χ1n) is 8.58. The Balaban J connectivity index is 1.33. The van der Waals surface area contributed by atoms with E-state index in [1.165, 1.54) is 17.0 Å². The predicted molar refractivity (Wildman–Crippen MR) is 101 cm³/mol. The van der Waals surface area contributed by atoms with Crippen LogP contribution in [0.3, 0.4) is 0 Å². The van der Waals surface area contributed by atoms with Crippen LogP contribution in [0.5, 0.6) is 0 Å². The fourth-order valence-corrected chi connectivity index (χ4v) is 3.82. The molecule has 0 saturated carbocycles. The van der Waals surface area contributed by atoms with Gasteiger partial charge in [-0.1, -0.05) is 18.2 Å². The van der Waals surface area contributed by atoms with Crippen LogP contribution in [0.1, 0.15) is 21.7 Å². The molecular formula is C19H25N3OS. The average Bonchev–Trinajstić information content (AvgIpc) is 3.06. The van der Waals surface area contributed by atoms with E-state index >= 15 is 0 Å². The molecule has 0 aliphatic carbocycles. The number of thiophene rings is 1. The molecule has 2 heterocycles. The maximum atomic E-state index is 12.0. The van der Waals surface area contributed by atoms with Crippen LogP contribution in [0.25, 0.3) is 0 Å². The van der Waals surface area contributed by atoms with Gasteiger partial charge in [-0.05, 0) is 49.0 Å². The summed E-state index contributed by atoms with van der Waals surface area (Å²) in [5, 5.41) is 5.04. The molecular weight excluding hydrogens is 318 g/mol. The average molecular weight is 343 g/mol. The summed E-state index contributed by atoms with van der Waals surface area (Å²) in [5.74, 6) is 0.0574. The van der Waals surface area contributed by atoms with Crippen LogP contribution in [-0.4, -0.2) is 50.1 Å². The summed E-state index contributed by atoms with van der Waals surface area (Å²) in [5.41, 5.74) is 2.47. The van der Waals surface area contributed by atoms with Gasteiger partial charge in [0.25, 0.3) is 5.91 Å². The van der Waals surface area contributed by atoms with Crippen LogP contribution in [-0.2, 0) is 0 Å². The standard InChI is InChI=1S/C19H25N3OS/c1-16-14-18(24-15-16)19(23)20-8-5-9-21-10-12-22(13-11-21)17-6-3-2-4-7-17/h2-4,6-7,14-15H,5,8-13H2,1H3,(H,20,23). The van der Waals surface area contributed by atoms with Crippen LogP contribution >= 0.6 is 11.3 Å². The second-order valence-corrected chi connectivity index (χ2v) is 7.17. The van der Waals surface area contributed by atoms with Crippen molar-refractivity contribution in [1.82, 2.24) is 10.2 Å². The fraction of sp³-hybridized carbons (Fsp3) is 0.421. The number of hydrogen-bond acceptors (Lipinski definition) is 4. The topological polar surface area (TPSA) is 35.6 Å². The third-order valence-electron chi connectivity index (χ3n) is 4.38. The van der Waals surface area contributed by atoms with E-state index in [0.29, 0.717) is 0 Å². The van der Waals surface area contributed by atoms with Gasteiger partial charge < -0.3 is 10.2 Å². The van der Waals surface area contributed by atoms with E-state index in [1.54, 1.807) is 0 Å². The molecule has 5 heteroatoms. The summed E-state index contributed by atoms with van der Waals surface area (Å²) in [6, 6.07) is 12.6. The molecule has 0 bridgehead atoms. The zero-order valence-corrected chi connectivity index (χ0v) is 15.0. The van der Waals surface area contributed by atoms with Gasteiger partial charge in [0.1, 0.15) is 0 Å². The molecule has 1 N–H and O–H groups in total. The van der Waals surface area contributed by atoms with E-state index in [-0.39, 0.29) is 5.91 Å². The number of carbonyl (C=O) groups excluding carboxylic acids is 1. The molecule has 2 aromatic rings. The minimum atomic E-state index is 0.0574. The van der Waals surface area contributed by atoms with Crippen molar-refractivity contribution in [2.45, 2.75) is 13.3 Å². The Morgan fingerprint density at radius 2 is 1.92 bits per heavy atom. The fourth-order valence-electron chi connectivity index (χ4n) is 3.01. The van der Waals surface area contributed by atoms with Crippen molar-refractivity contribution in [3.63, 3.8) is 0 Å². The highest BCUT2D eigenvalue weighted by molar-refractivity contribution is 7.12. The van der Waals surface area contributed by atoms with Crippen molar-refractivity contribution in [3.05, 3.63) is 52.2 Å². The second kappa shape index (κ2) is 8.31. The molecule has 1 aliphatic heterocycles. The van der Waals surface area contributed by atoms with Crippen LogP contribution in [0, 0.1) is 6.92 Å². The largest absolute Gasteiger partial charge is 0.369 e. The number of benzene rings is 1. The lowest BCUT2D eigenvalue weighted by molar-refractivity contribution is 0.0955. The molecule has 4 nitrogen and oxygen atoms in total. The number of piperazine rings is 1. The summed E-state index contributed by atoms with van der Waals surface area (Å²) in [4.78, 5) is 17.7. The second-order valence-electron chi connectivity index (χ2n) is 6.26. The highest BCUT2D eigenvalue weighted by atomic mass is 32.1. The first-order valence-corrected chi connectivity index (χ1v) is 9.46. The number of anilines is 1. The Kier molecular flexibility index (Phi) is 5.88. The van der Waals surface area contributed by atoms with E-state index in [9.17, 15) is 4.79 Å². The SMILES string of the molecule is Cc1csc(C(=O)NCCCN2CCN(c3ccccc3)CC2)c1. The van der Waals surface area contributed by atoms with Gasteiger partial charge in [0, 0.05) is 38.4 Å². The number of carbonyl (C=O) groups is 1. The van der Waals surface area contributed by atoms with Crippen molar-refractivity contribution in [1.29, 1.82) is 0 Å². The van der Waals surface area contributed by atoms with E-state index < -0.39 is 0 Å². The van der Waals surface area contributed by atoms with E-state index in [4.69, 9.17) is 0 Å². The Morgan fingerprint density at radius 3 is 2.58 bits per heavy atom. The third-order valence-corrected chi connectivity index (χ3v) is 5.43. The first-order chi connectivity index (χ1) is 11.7. The van der Waals surface area contributed by atoms with E-state index in [2.05, 4.69) is 45.4 Å². The van der Waals surface area contributed by atoms with Gasteiger partial charge in [-0.2, -0.15) is 0 Å². The van der Waals surface area contributed by atoms with Gasteiger partial charge in [0.05, 0.1) is 4.88 Å². The molecule has 24 heavy (non-hydrogen) atoms. The van der Waals surface area contributed by atoms with Gasteiger partial charge in [-0.15, -0.1) is 11.3 Å². The van der Waals surface area contributed by atoms with Gasteiger partial charge in [0.15, 0.2) is 0 Å². The maximum Gasteiger partial charge on any atom is 0.261 e. The lowest BCUT2D eigenvalue weighted by Gasteiger charge is -2.36. The Hall–Kier alpha value is -1.85. The molecule has 3 rings (SSSR count). The third kappa shape index (κ3) is 4.58. The van der Waals surface area contributed by atoms with Crippen molar-refractivity contribution >= 4 is 22.9 Å². The summed E-state index contributed by atoms with van der Waals surface area (Å²) in [6.45, 7) is 8.14. The first kappa shape index (κ1) is 17.0. The molecule has 0 radical (unpaired) electrons. The molecule has 0 spiro atoms. The molecule has 0 unspecified atom stereocenters. The number of nitrogens with one attached hydrogen (secondary N) is 1. The zero-order chi connectivity index (χ0) is 16.8. The smallest absolute Gasteiger partial charge is 0.261 e. The summed E-state index contributed by atoms with van der Waals surface area (Å²) >= 11 is 1.51. The molecule has 1 aromatic carbocycles. The Morgan fingerprint density at radius 1 is 1.17 bits per heavy atom. The van der Waals surface area contributed by atoms with Crippen molar-refractivity contribution in [2.75, 3.05) is 44.2 Å². The normalized spacial score (nSPS) is 15.5. The van der Waals surface area contributed by atoms with E-state index in [1.807, 2.05) is 18.4 Å². The number of nitrogens with zero attached hydrogens (tertiary/aromatic N) is 2. The van der Waals surface area contributed by atoms with Crippen LogP contribution in [0.4, 0.5) is 5.69 Å². The van der Waals surface area contributed by atoms with Crippen molar-refractivity contribution < 1.29 is 4.79 Å². The lowest BCUT2D eigenvalue weighted by atomic mass is 10.2. The Labute approximate surface area is 148 Å². The lowest BCUT2D eigenvalue weighted by Crippen LogP contribution is -2.47. The van der Waals surface area contributed by atoms with Gasteiger partial charge >= 0.3 is 0 Å². The Bertz CT molecular complexity index is 648. The predicted octanol–water partition coefficient (Wildman–Crippen LogP) is 3.00. The van der Waals surface area contributed by atoms with Gasteiger partial charge in [-0.25, -0.2) is 0 Å². The monoisotopic (exact) mass is 343 g/mol. The molecule has 1 aromatic heterocycles. The maximum absolute atomic E-state index is 12.0. The minimum Gasteiger partial charge on any atom is -0.369 e. The quantitative estimate of drug-likeness (QED) is 0.819. The highest BCUT2D eigenvalue weighted by Gasteiger charge is 2.16. The number of amides is 1. The summed E-state index contributed by atoms with van der Waals surface area (Å²) in [6.07, 6.45) is 1.00. The van der Waals surface area contributed by atoms with Crippen LogP contribution < -0.4 is 10.2 Å². The van der Waals surface area contributed by atoms with Crippen molar-refractivity contribution in [2.24, 2.45) is 0 Å². The highest BCUT2D eigenvalue weighted by Crippen LogP contribution is 2.15. The van der Waals surface area contributed by atoms with Crippen LogP contribution in [0.15, 0.2) is 41.8 Å². The summed E-state index contributed by atoms with van der Waals surface area (Å²) < 4.78 is 0. The molecule has 1 aliphatic rings. The zero-order valence-electron chi connectivity index (χ0n) is 14.2.